The highest BCUT2D eigenvalue weighted by atomic mass is 16.3. The van der Waals surface area contributed by atoms with Crippen molar-refractivity contribution in [1.29, 1.82) is 0 Å². The van der Waals surface area contributed by atoms with E-state index in [1.54, 1.807) is 0 Å². The van der Waals surface area contributed by atoms with Crippen LogP contribution in [0.2, 0.25) is 0 Å². The third-order valence-corrected chi connectivity index (χ3v) is 4.72. The molecule has 5 heteroatoms. The quantitative estimate of drug-likeness (QED) is 0.808. The molecule has 2 unspecified atom stereocenters. The van der Waals surface area contributed by atoms with Gasteiger partial charge in [0.25, 0.3) is 0 Å². The van der Waals surface area contributed by atoms with Gasteiger partial charge < -0.3 is 9.73 Å². The molecule has 2 aliphatic rings. The Morgan fingerprint density at radius 2 is 1.87 bits per heavy atom. The number of benzene rings is 1. The highest BCUT2D eigenvalue weighted by Gasteiger charge is 2.33. The molecule has 1 aromatic carbocycles. The number of fused-ring (bicyclic) bond motifs is 1. The summed E-state index contributed by atoms with van der Waals surface area (Å²) in [6, 6.07) is 12.3. The van der Waals surface area contributed by atoms with Crippen LogP contribution < -0.4 is 16.2 Å². The number of hydrazine groups is 1. The second kappa shape index (κ2) is 5.83. The van der Waals surface area contributed by atoms with Crippen LogP contribution in [0.25, 0.3) is 0 Å². The first kappa shape index (κ1) is 14.5. The van der Waals surface area contributed by atoms with E-state index in [0.717, 1.165) is 24.4 Å². The van der Waals surface area contributed by atoms with Gasteiger partial charge >= 0.3 is 0 Å². The molecule has 23 heavy (non-hydrogen) atoms. The summed E-state index contributed by atoms with van der Waals surface area (Å²) in [5.74, 6) is 1.82. The van der Waals surface area contributed by atoms with Crippen LogP contribution in [-0.2, 0) is 17.6 Å². The highest BCUT2D eigenvalue weighted by molar-refractivity contribution is 5.82. The predicted octanol–water partition coefficient (Wildman–Crippen LogP) is 1.78. The van der Waals surface area contributed by atoms with Crippen molar-refractivity contribution in [2.45, 2.75) is 44.3 Å². The molecule has 120 valence electrons. The lowest BCUT2D eigenvalue weighted by atomic mass is 10.1. The average molecular weight is 311 g/mol. The summed E-state index contributed by atoms with van der Waals surface area (Å²) in [6.45, 7) is 1.92. The Labute approximate surface area is 135 Å². The largest absolute Gasteiger partial charge is 0.465 e. The molecule has 4 rings (SSSR count). The zero-order valence-electron chi connectivity index (χ0n) is 13.1. The van der Waals surface area contributed by atoms with Crippen molar-refractivity contribution >= 4 is 5.91 Å². The lowest BCUT2D eigenvalue weighted by Gasteiger charge is -2.15. The summed E-state index contributed by atoms with van der Waals surface area (Å²) in [6.07, 6.45) is 2.53. The SMILES string of the molecule is Cc1ccc(C2CC(C(=O)NC3Cc4ccccc4C3)NN2)o1. The van der Waals surface area contributed by atoms with Crippen LogP contribution in [0.1, 0.15) is 35.1 Å². The van der Waals surface area contributed by atoms with E-state index in [-0.39, 0.29) is 24.0 Å². The van der Waals surface area contributed by atoms with Crippen molar-refractivity contribution in [3.05, 3.63) is 59.0 Å². The summed E-state index contributed by atoms with van der Waals surface area (Å²) >= 11 is 0. The first-order valence-electron chi connectivity index (χ1n) is 8.13. The number of carbonyl (C=O) groups excluding carboxylic acids is 1. The number of hydrogen-bond donors (Lipinski definition) is 3. The summed E-state index contributed by atoms with van der Waals surface area (Å²) in [5.41, 5.74) is 8.93. The van der Waals surface area contributed by atoms with Gasteiger partial charge in [-0.2, -0.15) is 0 Å². The number of amides is 1. The maximum Gasteiger partial charge on any atom is 0.238 e. The maximum atomic E-state index is 12.5. The van der Waals surface area contributed by atoms with Gasteiger partial charge in [-0.15, -0.1) is 0 Å². The number of rotatable bonds is 3. The Hall–Kier alpha value is -2.11. The Morgan fingerprint density at radius 3 is 2.52 bits per heavy atom. The minimum absolute atomic E-state index is 0.0419. The molecule has 1 aliphatic heterocycles. The fourth-order valence-electron chi connectivity index (χ4n) is 3.52. The summed E-state index contributed by atoms with van der Waals surface area (Å²) in [4.78, 5) is 12.5. The zero-order chi connectivity index (χ0) is 15.8. The lowest BCUT2D eigenvalue weighted by Crippen LogP contribution is -2.47. The minimum atomic E-state index is -0.228. The van der Waals surface area contributed by atoms with Crippen molar-refractivity contribution in [2.75, 3.05) is 0 Å². The van der Waals surface area contributed by atoms with Crippen molar-refractivity contribution in [3.8, 4) is 0 Å². The molecule has 1 aromatic heterocycles. The van der Waals surface area contributed by atoms with Gasteiger partial charge in [0, 0.05) is 6.04 Å². The number of nitrogens with one attached hydrogen (secondary N) is 3. The molecule has 0 radical (unpaired) electrons. The van der Waals surface area contributed by atoms with Crippen molar-refractivity contribution in [3.63, 3.8) is 0 Å². The predicted molar refractivity (Wildman–Crippen MR) is 86.6 cm³/mol. The molecule has 1 saturated heterocycles. The van der Waals surface area contributed by atoms with E-state index in [2.05, 4.69) is 40.4 Å². The lowest BCUT2D eigenvalue weighted by molar-refractivity contribution is -0.123. The van der Waals surface area contributed by atoms with E-state index in [0.29, 0.717) is 6.42 Å². The molecular weight excluding hydrogens is 290 g/mol. The van der Waals surface area contributed by atoms with Crippen LogP contribution in [0.15, 0.2) is 40.8 Å². The molecule has 0 saturated carbocycles. The van der Waals surface area contributed by atoms with Gasteiger partial charge in [0.15, 0.2) is 0 Å². The van der Waals surface area contributed by atoms with Crippen LogP contribution >= 0.6 is 0 Å². The van der Waals surface area contributed by atoms with E-state index in [4.69, 9.17) is 4.42 Å². The Kier molecular flexibility index (Phi) is 3.67. The van der Waals surface area contributed by atoms with Crippen LogP contribution in [0.3, 0.4) is 0 Å². The molecule has 2 heterocycles. The van der Waals surface area contributed by atoms with Gasteiger partial charge in [-0.25, -0.2) is 10.9 Å². The second-order valence-corrected chi connectivity index (χ2v) is 6.46. The average Bonchev–Trinajstić information content (AvgIpc) is 3.24. The monoisotopic (exact) mass is 311 g/mol. The van der Waals surface area contributed by atoms with Crippen molar-refractivity contribution in [2.24, 2.45) is 0 Å². The molecule has 3 N–H and O–H groups in total. The smallest absolute Gasteiger partial charge is 0.238 e. The van der Waals surface area contributed by atoms with Gasteiger partial charge in [0.1, 0.15) is 17.6 Å². The molecule has 5 nitrogen and oxygen atoms in total. The highest BCUT2D eigenvalue weighted by Crippen LogP contribution is 2.25. The van der Waals surface area contributed by atoms with Gasteiger partial charge in [-0.3, -0.25) is 4.79 Å². The molecular formula is C18H21N3O2. The fourth-order valence-corrected chi connectivity index (χ4v) is 3.52. The third-order valence-electron chi connectivity index (χ3n) is 4.72. The number of aryl methyl sites for hydroxylation is 1. The molecule has 0 spiro atoms. The molecule has 0 bridgehead atoms. The zero-order valence-corrected chi connectivity index (χ0v) is 13.1. The van der Waals surface area contributed by atoms with Gasteiger partial charge in [-0.1, -0.05) is 24.3 Å². The Morgan fingerprint density at radius 1 is 1.13 bits per heavy atom. The van der Waals surface area contributed by atoms with Crippen LogP contribution in [-0.4, -0.2) is 18.0 Å². The number of hydrogen-bond acceptors (Lipinski definition) is 4. The Bertz CT molecular complexity index is 700. The Balaban J connectivity index is 1.34. The molecule has 1 aliphatic carbocycles. The maximum absolute atomic E-state index is 12.5. The summed E-state index contributed by atoms with van der Waals surface area (Å²) in [7, 11) is 0. The minimum Gasteiger partial charge on any atom is -0.465 e. The van der Waals surface area contributed by atoms with Gasteiger partial charge in [0.2, 0.25) is 5.91 Å². The molecule has 2 atom stereocenters. The van der Waals surface area contributed by atoms with E-state index in [1.807, 2.05) is 19.1 Å². The standard InChI is InChI=1S/C18H21N3O2/c1-11-6-7-17(23-11)15-10-16(21-20-15)18(22)19-14-8-12-4-2-3-5-13(12)9-14/h2-7,14-16,20-21H,8-10H2,1H3,(H,19,22). The van der Waals surface area contributed by atoms with Gasteiger partial charge in [-0.05, 0) is 49.4 Å². The summed E-state index contributed by atoms with van der Waals surface area (Å²) in [5, 5.41) is 3.17. The van der Waals surface area contributed by atoms with Crippen molar-refractivity contribution < 1.29 is 9.21 Å². The number of carbonyl (C=O) groups is 1. The molecule has 2 aromatic rings. The van der Waals surface area contributed by atoms with Crippen LogP contribution in [0.5, 0.6) is 0 Å². The van der Waals surface area contributed by atoms with E-state index >= 15 is 0 Å². The topological polar surface area (TPSA) is 66.3 Å². The normalized spacial score (nSPS) is 23.9. The molecule has 1 amide bonds. The first-order chi connectivity index (χ1) is 11.2. The third kappa shape index (κ3) is 2.90. The van der Waals surface area contributed by atoms with E-state index < -0.39 is 0 Å². The van der Waals surface area contributed by atoms with Crippen LogP contribution in [0, 0.1) is 6.92 Å². The van der Waals surface area contributed by atoms with Crippen molar-refractivity contribution in [1.82, 2.24) is 16.2 Å². The van der Waals surface area contributed by atoms with E-state index in [1.165, 1.54) is 11.1 Å². The second-order valence-electron chi connectivity index (χ2n) is 6.46. The van der Waals surface area contributed by atoms with E-state index in [9.17, 15) is 4.79 Å². The molecule has 1 fully saturated rings. The van der Waals surface area contributed by atoms with Crippen LogP contribution in [0.4, 0.5) is 0 Å². The summed E-state index contributed by atoms with van der Waals surface area (Å²) < 4.78 is 5.64. The van der Waals surface area contributed by atoms with Gasteiger partial charge in [0.05, 0.1) is 6.04 Å². The first-order valence-corrected chi connectivity index (χ1v) is 8.13. The number of furan rings is 1. The fraction of sp³-hybridized carbons (Fsp3) is 0.389.